The van der Waals surface area contributed by atoms with Crippen LogP contribution in [0.25, 0.3) is 11.3 Å². The standard InChI is InChI=1S/C21H18N4O2S/c1-25-19(13-18(24-25)16-5-3-2-4-6-16)20(26)23-14-15-7-9-17(10-8-15)27-21-22-11-12-28-21/h2-13H,14H2,1H3,(H,23,26). The average molecular weight is 390 g/mol. The molecule has 0 atom stereocenters. The van der Waals surface area contributed by atoms with Crippen molar-refractivity contribution in [2.75, 3.05) is 0 Å². The van der Waals surface area contributed by atoms with E-state index < -0.39 is 0 Å². The first-order valence-electron chi connectivity index (χ1n) is 8.73. The van der Waals surface area contributed by atoms with Gasteiger partial charge in [-0.05, 0) is 23.8 Å². The Kier molecular flexibility index (Phi) is 5.16. The highest BCUT2D eigenvalue weighted by Gasteiger charge is 2.14. The van der Waals surface area contributed by atoms with Gasteiger partial charge in [0.15, 0.2) is 0 Å². The van der Waals surface area contributed by atoms with Crippen LogP contribution in [0.4, 0.5) is 0 Å². The van der Waals surface area contributed by atoms with E-state index in [0.29, 0.717) is 23.2 Å². The van der Waals surface area contributed by atoms with E-state index in [1.807, 2.05) is 60.0 Å². The van der Waals surface area contributed by atoms with E-state index in [1.54, 1.807) is 24.0 Å². The quantitative estimate of drug-likeness (QED) is 0.534. The molecule has 1 N–H and O–H groups in total. The maximum Gasteiger partial charge on any atom is 0.278 e. The fourth-order valence-electron chi connectivity index (χ4n) is 2.74. The highest BCUT2D eigenvalue weighted by molar-refractivity contribution is 7.11. The molecule has 0 saturated heterocycles. The predicted octanol–water partition coefficient (Wildman–Crippen LogP) is 4.27. The summed E-state index contributed by atoms with van der Waals surface area (Å²) >= 11 is 1.44. The second-order valence-electron chi connectivity index (χ2n) is 6.13. The summed E-state index contributed by atoms with van der Waals surface area (Å²) in [6.07, 6.45) is 1.70. The average Bonchev–Trinajstić information content (AvgIpc) is 3.37. The fraction of sp³-hybridized carbons (Fsp3) is 0.0952. The molecule has 4 aromatic rings. The van der Waals surface area contributed by atoms with Gasteiger partial charge in [0.2, 0.25) is 0 Å². The molecule has 0 fully saturated rings. The molecule has 0 unspecified atom stereocenters. The van der Waals surface area contributed by atoms with Crippen molar-refractivity contribution in [1.82, 2.24) is 20.1 Å². The summed E-state index contributed by atoms with van der Waals surface area (Å²) in [4.78, 5) is 16.6. The second-order valence-corrected chi connectivity index (χ2v) is 6.99. The first-order valence-corrected chi connectivity index (χ1v) is 9.61. The highest BCUT2D eigenvalue weighted by atomic mass is 32.1. The normalized spacial score (nSPS) is 10.6. The number of nitrogens with zero attached hydrogens (tertiary/aromatic N) is 3. The summed E-state index contributed by atoms with van der Waals surface area (Å²) in [7, 11) is 1.77. The molecule has 2 aromatic heterocycles. The van der Waals surface area contributed by atoms with Crippen molar-refractivity contribution in [3.8, 4) is 22.2 Å². The summed E-state index contributed by atoms with van der Waals surface area (Å²) in [6.45, 7) is 0.419. The Balaban J connectivity index is 1.38. The van der Waals surface area contributed by atoms with Crippen molar-refractivity contribution >= 4 is 17.2 Å². The van der Waals surface area contributed by atoms with Crippen LogP contribution in [0, 0.1) is 0 Å². The zero-order valence-electron chi connectivity index (χ0n) is 15.2. The topological polar surface area (TPSA) is 69.0 Å². The lowest BCUT2D eigenvalue weighted by atomic mass is 10.1. The lowest BCUT2D eigenvalue weighted by Gasteiger charge is -2.07. The largest absolute Gasteiger partial charge is 0.431 e. The van der Waals surface area contributed by atoms with Gasteiger partial charge in [0.05, 0.1) is 5.69 Å². The van der Waals surface area contributed by atoms with Gasteiger partial charge in [0.25, 0.3) is 11.1 Å². The van der Waals surface area contributed by atoms with Crippen molar-refractivity contribution in [2.24, 2.45) is 7.05 Å². The maximum absolute atomic E-state index is 12.6. The van der Waals surface area contributed by atoms with Crippen molar-refractivity contribution in [2.45, 2.75) is 6.54 Å². The van der Waals surface area contributed by atoms with Crippen molar-refractivity contribution < 1.29 is 9.53 Å². The molecule has 140 valence electrons. The van der Waals surface area contributed by atoms with Crippen LogP contribution in [0.3, 0.4) is 0 Å². The smallest absolute Gasteiger partial charge is 0.278 e. The van der Waals surface area contributed by atoms with E-state index >= 15 is 0 Å². The Labute approximate surface area is 166 Å². The molecule has 6 nitrogen and oxygen atoms in total. The number of thiazole rings is 1. The molecule has 28 heavy (non-hydrogen) atoms. The molecule has 0 saturated carbocycles. The third-order valence-corrected chi connectivity index (χ3v) is 4.82. The number of carbonyl (C=O) groups is 1. The first-order chi connectivity index (χ1) is 13.7. The van der Waals surface area contributed by atoms with Crippen molar-refractivity contribution in [3.63, 3.8) is 0 Å². The Morgan fingerprint density at radius 3 is 2.64 bits per heavy atom. The van der Waals surface area contributed by atoms with E-state index in [9.17, 15) is 4.79 Å². The number of benzene rings is 2. The van der Waals surface area contributed by atoms with E-state index in [4.69, 9.17) is 4.74 Å². The first kappa shape index (κ1) is 17.9. The number of nitrogens with one attached hydrogen (secondary N) is 1. The number of carbonyl (C=O) groups excluding carboxylic acids is 1. The summed E-state index contributed by atoms with van der Waals surface area (Å²) in [5.74, 6) is 0.546. The van der Waals surface area contributed by atoms with E-state index in [0.717, 1.165) is 16.8 Å². The number of hydrogen-bond donors (Lipinski definition) is 1. The number of amides is 1. The van der Waals surface area contributed by atoms with Gasteiger partial charge in [-0.25, -0.2) is 4.98 Å². The molecule has 0 aliphatic heterocycles. The Hall–Kier alpha value is -3.45. The molecule has 2 aromatic carbocycles. The van der Waals surface area contributed by atoms with Gasteiger partial charge in [-0.15, -0.1) is 0 Å². The van der Waals surface area contributed by atoms with Gasteiger partial charge in [-0.2, -0.15) is 5.10 Å². The minimum absolute atomic E-state index is 0.166. The molecule has 0 aliphatic carbocycles. The Morgan fingerprint density at radius 1 is 1.14 bits per heavy atom. The van der Waals surface area contributed by atoms with Gasteiger partial charge >= 0.3 is 0 Å². The van der Waals surface area contributed by atoms with Crippen LogP contribution in [0.5, 0.6) is 10.9 Å². The van der Waals surface area contributed by atoms with E-state index in [-0.39, 0.29) is 5.91 Å². The summed E-state index contributed by atoms with van der Waals surface area (Å²) in [5.41, 5.74) is 3.25. The number of aryl methyl sites for hydroxylation is 1. The summed E-state index contributed by atoms with van der Waals surface area (Å²) < 4.78 is 7.24. The number of hydrogen-bond acceptors (Lipinski definition) is 5. The predicted molar refractivity (Wildman–Crippen MR) is 108 cm³/mol. The Morgan fingerprint density at radius 2 is 1.93 bits per heavy atom. The zero-order valence-corrected chi connectivity index (χ0v) is 16.0. The fourth-order valence-corrected chi connectivity index (χ4v) is 3.24. The zero-order chi connectivity index (χ0) is 19.3. The van der Waals surface area contributed by atoms with Gasteiger partial charge in [-0.3, -0.25) is 9.48 Å². The van der Waals surface area contributed by atoms with Gasteiger partial charge in [-0.1, -0.05) is 53.8 Å². The van der Waals surface area contributed by atoms with Crippen molar-refractivity contribution in [1.29, 1.82) is 0 Å². The lowest BCUT2D eigenvalue weighted by Crippen LogP contribution is -2.25. The molecule has 0 radical (unpaired) electrons. The highest BCUT2D eigenvalue weighted by Crippen LogP contribution is 2.23. The van der Waals surface area contributed by atoms with Crippen LogP contribution in [0.2, 0.25) is 0 Å². The molecule has 4 rings (SSSR count). The van der Waals surface area contributed by atoms with Gasteiger partial charge in [0.1, 0.15) is 11.4 Å². The van der Waals surface area contributed by atoms with Crippen LogP contribution >= 0.6 is 11.3 Å². The third-order valence-electron chi connectivity index (χ3n) is 4.17. The van der Waals surface area contributed by atoms with E-state index in [1.165, 1.54) is 11.3 Å². The van der Waals surface area contributed by atoms with Gasteiger partial charge in [0, 0.05) is 30.7 Å². The minimum atomic E-state index is -0.166. The number of ether oxygens (including phenoxy) is 1. The SMILES string of the molecule is Cn1nc(-c2ccccc2)cc1C(=O)NCc1ccc(Oc2nccs2)cc1. The van der Waals surface area contributed by atoms with Crippen LogP contribution in [-0.2, 0) is 13.6 Å². The van der Waals surface area contributed by atoms with Crippen LogP contribution < -0.4 is 10.1 Å². The molecule has 0 bridgehead atoms. The van der Waals surface area contributed by atoms with Crippen LogP contribution in [0.15, 0.2) is 72.2 Å². The number of rotatable bonds is 6. The molecular weight excluding hydrogens is 372 g/mol. The lowest BCUT2D eigenvalue weighted by molar-refractivity contribution is 0.0941. The molecular formula is C21H18N4O2S. The summed E-state index contributed by atoms with van der Waals surface area (Å²) in [6, 6.07) is 19.2. The van der Waals surface area contributed by atoms with E-state index in [2.05, 4.69) is 15.4 Å². The molecule has 0 aliphatic rings. The number of aromatic nitrogens is 3. The second kappa shape index (κ2) is 8.06. The van der Waals surface area contributed by atoms with Gasteiger partial charge < -0.3 is 10.1 Å². The van der Waals surface area contributed by atoms with Crippen LogP contribution in [0.1, 0.15) is 16.1 Å². The molecule has 7 heteroatoms. The molecule has 2 heterocycles. The monoisotopic (exact) mass is 390 g/mol. The molecule has 1 amide bonds. The summed E-state index contributed by atoms with van der Waals surface area (Å²) in [5, 5.41) is 9.84. The minimum Gasteiger partial charge on any atom is -0.431 e. The third kappa shape index (κ3) is 4.10. The Bertz CT molecular complexity index is 1060. The maximum atomic E-state index is 12.6. The van der Waals surface area contributed by atoms with Crippen LogP contribution in [-0.4, -0.2) is 20.7 Å². The molecule has 0 spiro atoms. The van der Waals surface area contributed by atoms with Crippen molar-refractivity contribution in [3.05, 3.63) is 83.5 Å².